The lowest BCUT2D eigenvalue weighted by Gasteiger charge is -2.35. The summed E-state index contributed by atoms with van der Waals surface area (Å²) >= 11 is 0. The Morgan fingerprint density at radius 2 is 2.26 bits per heavy atom. The van der Waals surface area contributed by atoms with Crippen LogP contribution in [0.1, 0.15) is 32.4 Å². The third kappa shape index (κ3) is 3.56. The molecule has 1 aromatic heterocycles. The van der Waals surface area contributed by atoms with Gasteiger partial charge in [-0.2, -0.15) is 4.98 Å². The van der Waals surface area contributed by atoms with Gasteiger partial charge in [0.2, 0.25) is 11.8 Å². The molecule has 2 rings (SSSR count). The zero-order valence-corrected chi connectivity index (χ0v) is 12.1. The molecule has 0 radical (unpaired) electrons. The van der Waals surface area contributed by atoms with Gasteiger partial charge >= 0.3 is 0 Å². The fourth-order valence-corrected chi connectivity index (χ4v) is 2.29. The number of aromatic nitrogens is 2. The molecule has 0 aromatic carbocycles. The van der Waals surface area contributed by atoms with Crippen molar-refractivity contribution in [2.75, 3.05) is 24.6 Å². The predicted molar refractivity (Wildman–Crippen MR) is 76.5 cm³/mol. The first-order chi connectivity index (χ1) is 9.10. The molecule has 0 aliphatic carbocycles. The zero-order valence-electron chi connectivity index (χ0n) is 12.1. The van der Waals surface area contributed by atoms with Crippen molar-refractivity contribution in [2.24, 2.45) is 11.7 Å². The Bertz CT molecular complexity index is 424. The van der Waals surface area contributed by atoms with E-state index in [1.165, 1.54) is 0 Å². The number of nitrogens with two attached hydrogens (primary N) is 1. The van der Waals surface area contributed by atoms with E-state index in [9.17, 15) is 0 Å². The van der Waals surface area contributed by atoms with Gasteiger partial charge < -0.3 is 15.4 Å². The van der Waals surface area contributed by atoms with Crippen molar-refractivity contribution in [3.05, 3.63) is 11.8 Å². The van der Waals surface area contributed by atoms with Crippen LogP contribution in [0.15, 0.2) is 6.07 Å². The maximum absolute atomic E-state index is 6.05. The minimum absolute atomic E-state index is 0.289. The molecule has 0 bridgehead atoms. The highest BCUT2D eigenvalue weighted by Crippen LogP contribution is 2.21. The highest BCUT2D eigenvalue weighted by molar-refractivity contribution is 5.35. The first-order valence-electron chi connectivity index (χ1n) is 7.09. The molecule has 0 saturated carbocycles. The van der Waals surface area contributed by atoms with Crippen molar-refractivity contribution in [3.8, 4) is 5.88 Å². The maximum atomic E-state index is 6.05. The topological polar surface area (TPSA) is 64.3 Å². The van der Waals surface area contributed by atoms with Crippen molar-refractivity contribution >= 4 is 5.95 Å². The maximum Gasteiger partial charge on any atom is 0.228 e. The molecular weight excluding hydrogens is 240 g/mol. The summed E-state index contributed by atoms with van der Waals surface area (Å²) in [6.07, 6.45) is 1.97. The van der Waals surface area contributed by atoms with Gasteiger partial charge in [-0.25, -0.2) is 4.98 Å². The molecule has 1 saturated heterocycles. The number of aryl methyl sites for hydroxylation is 1. The van der Waals surface area contributed by atoms with Crippen molar-refractivity contribution < 1.29 is 4.74 Å². The second-order valence-corrected chi connectivity index (χ2v) is 5.37. The minimum atomic E-state index is 0.289. The highest BCUT2D eigenvalue weighted by atomic mass is 16.5. The van der Waals surface area contributed by atoms with E-state index in [1.807, 2.05) is 13.0 Å². The van der Waals surface area contributed by atoms with Gasteiger partial charge in [0.25, 0.3) is 0 Å². The van der Waals surface area contributed by atoms with Crippen LogP contribution >= 0.6 is 0 Å². The fraction of sp³-hybridized carbons (Fsp3) is 0.714. The fourth-order valence-electron chi connectivity index (χ4n) is 2.29. The second-order valence-electron chi connectivity index (χ2n) is 5.37. The van der Waals surface area contributed by atoms with Gasteiger partial charge in [-0.1, -0.05) is 13.8 Å². The third-order valence-electron chi connectivity index (χ3n) is 3.53. The third-order valence-corrected chi connectivity index (χ3v) is 3.53. The molecule has 2 heterocycles. The monoisotopic (exact) mass is 264 g/mol. The number of hydrogen-bond acceptors (Lipinski definition) is 5. The number of rotatable bonds is 4. The molecule has 2 N–H and O–H groups in total. The molecule has 5 heteroatoms. The van der Waals surface area contributed by atoms with Crippen LogP contribution in [-0.4, -0.2) is 35.7 Å². The van der Waals surface area contributed by atoms with E-state index in [2.05, 4.69) is 28.7 Å². The Morgan fingerprint density at radius 3 is 2.95 bits per heavy atom. The van der Waals surface area contributed by atoms with Crippen molar-refractivity contribution in [2.45, 2.75) is 39.7 Å². The molecule has 106 valence electrons. The van der Waals surface area contributed by atoms with E-state index in [0.29, 0.717) is 18.4 Å². The smallest absolute Gasteiger partial charge is 0.228 e. The summed E-state index contributed by atoms with van der Waals surface area (Å²) in [4.78, 5) is 11.2. The van der Waals surface area contributed by atoms with Crippen LogP contribution in [0.4, 0.5) is 5.95 Å². The molecule has 0 amide bonds. The lowest BCUT2D eigenvalue weighted by molar-refractivity contribution is 0.303. The van der Waals surface area contributed by atoms with Crippen LogP contribution < -0.4 is 15.4 Å². The predicted octanol–water partition coefficient (Wildman–Crippen LogP) is 1.75. The number of anilines is 1. The first kappa shape index (κ1) is 14.1. The molecule has 1 aliphatic rings. The Labute approximate surface area is 115 Å². The molecule has 1 aliphatic heterocycles. The molecule has 1 fully saturated rings. The summed E-state index contributed by atoms with van der Waals surface area (Å²) in [5, 5.41) is 0. The van der Waals surface area contributed by atoms with Crippen molar-refractivity contribution in [3.63, 3.8) is 0 Å². The Kier molecular flexibility index (Phi) is 4.58. The highest BCUT2D eigenvalue weighted by Gasteiger charge is 2.25. The lowest BCUT2D eigenvalue weighted by Crippen LogP contribution is -2.46. The molecule has 1 aromatic rings. The van der Waals surface area contributed by atoms with E-state index in [0.717, 1.165) is 37.6 Å². The number of hydrogen-bond donors (Lipinski definition) is 1. The normalized spacial score (nSPS) is 23.5. The summed E-state index contributed by atoms with van der Waals surface area (Å²) in [7, 11) is 0. The Morgan fingerprint density at radius 1 is 1.47 bits per heavy atom. The van der Waals surface area contributed by atoms with E-state index in [4.69, 9.17) is 10.5 Å². The summed E-state index contributed by atoms with van der Waals surface area (Å²) in [6.45, 7) is 8.77. The molecule has 2 atom stereocenters. The Balaban J connectivity index is 2.13. The van der Waals surface area contributed by atoms with Crippen LogP contribution in [-0.2, 0) is 0 Å². The molecule has 5 nitrogen and oxygen atoms in total. The summed E-state index contributed by atoms with van der Waals surface area (Å²) in [5.41, 5.74) is 7.00. The number of ether oxygens (including phenoxy) is 1. The number of piperidine rings is 1. The van der Waals surface area contributed by atoms with Crippen LogP contribution in [0, 0.1) is 12.8 Å². The molecule has 2 unspecified atom stereocenters. The summed E-state index contributed by atoms with van der Waals surface area (Å²) in [5.74, 6) is 1.91. The van der Waals surface area contributed by atoms with Gasteiger partial charge in [0.1, 0.15) is 0 Å². The second kappa shape index (κ2) is 6.19. The van der Waals surface area contributed by atoms with Crippen LogP contribution in [0.5, 0.6) is 5.88 Å². The van der Waals surface area contributed by atoms with Crippen molar-refractivity contribution in [1.82, 2.24) is 9.97 Å². The van der Waals surface area contributed by atoms with Gasteiger partial charge in [0.05, 0.1) is 6.61 Å². The average molecular weight is 264 g/mol. The van der Waals surface area contributed by atoms with E-state index < -0.39 is 0 Å². The zero-order chi connectivity index (χ0) is 13.8. The lowest BCUT2D eigenvalue weighted by atomic mass is 9.95. The Hall–Kier alpha value is -1.36. The van der Waals surface area contributed by atoms with E-state index >= 15 is 0 Å². The van der Waals surface area contributed by atoms with E-state index in [1.54, 1.807) is 0 Å². The summed E-state index contributed by atoms with van der Waals surface area (Å²) in [6, 6.07) is 2.18. The summed E-state index contributed by atoms with van der Waals surface area (Å²) < 4.78 is 5.61. The van der Waals surface area contributed by atoms with Gasteiger partial charge in [-0.05, 0) is 25.7 Å². The van der Waals surface area contributed by atoms with Crippen LogP contribution in [0.3, 0.4) is 0 Å². The number of nitrogens with zero attached hydrogens (tertiary/aromatic N) is 3. The molecule has 19 heavy (non-hydrogen) atoms. The molecular formula is C14H24N4O. The van der Waals surface area contributed by atoms with Gasteiger partial charge in [0, 0.05) is 30.9 Å². The quantitative estimate of drug-likeness (QED) is 0.897. The molecule has 0 spiro atoms. The van der Waals surface area contributed by atoms with E-state index in [-0.39, 0.29) is 6.04 Å². The standard InChI is InChI=1S/C14H24N4O/c1-4-7-19-13-8-11(3)16-14(17-13)18-6-5-12(15)10(2)9-18/h8,10,12H,4-7,9,15H2,1-3H3. The van der Waals surface area contributed by atoms with Gasteiger partial charge in [-0.15, -0.1) is 0 Å². The van der Waals surface area contributed by atoms with Crippen molar-refractivity contribution in [1.29, 1.82) is 0 Å². The van der Waals surface area contributed by atoms with Crippen LogP contribution in [0.2, 0.25) is 0 Å². The van der Waals surface area contributed by atoms with Gasteiger partial charge in [-0.3, -0.25) is 0 Å². The first-order valence-corrected chi connectivity index (χ1v) is 7.09. The average Bonchev–Trinajstić information content (AvgIpc) is 2.39. The van der Waals surface area contributed by atoms with Gasteiger partial charge in [0.15, 0.2) is 0 Å². The van der Waals surface area contributed by atoms with Crippen LogP contribution in [0.25, 0.3) is 0 Å². The largest absolute Gasteiger partial charge is 0.478 e. The minimum Gasteiger partial charge on any atom is -0.478 e. The SMILES string of the molecule is CCCOc1cc(C)nc(N2CCC(N)C(C)C2)n1.